The molecule has 1 heterocycles. The van der Waals surface area contributed by atoms with Crippen molar-refractivity contribution >= 4 is 15.9 Å². The second-order valence-corrected chi connectivity index (χ2v) is 4.76. The Labute approximate surface area is 103 Å². The van der Waals surface area contributed by atoms with Crippen molar-refractivity contribution in [1.29, 1.82) is 5.26 Å². The van der Waals surface area contributed by atoms with E-state index < -0.39 is 0 Å². The topological polar surface area (TPSA) is 27.0 Å². The first-order valence-corrected chi connectivity index (χ1v) is 6.08. The molecule has 0 bridgehead atoms. The van der Waals surface area contributed by atoms with Crippen molar-refractivity contribution in [1.82, 2.24) is 4.90 Å². The molecule has 0 amide bonds. The Morgan fingerprint density at radius 3 is 3.12 bits per heavy atom. The highest BCUT2D eigenvalue weighted by molar-refractivity contribution is 9.10. The minimum Gasteiger partial charge on any atom is -0.284 e. The minimum atomic E-state index is -0.245. The van der Waals surface area contributed by atoms with Gasteiger partial charge in [-0.2, -0.15) is 5.26 Å². The highest BCUT2D eigenvalue weighted by Crippen LogP contribution is 2.25. The normalized spacial score (nSPS) is 20.9. The molecule has 16 heavy (non-hydrogen) atoms. The molecular formula is C12H12BrFN2. The van der Waals surface area contributed by atoms with Gasteiger partial charge in [-0.15, -0.1) is 0 Å². The highest BCUT2D eigenvalue weighted by atomic mass is 79.9. The van der Waals surface area contributed by atoms with Crippen molar-refractivity contribution in [3.05, 3.63) is 34.1 Å². The van der Waals surface area contributed by atoms with Crippen molar-refractivity contribution in [2.24, 2.45) is 0 Å². The Bertz CT molecular complexity index is 428. The Hall–Kier alpha value is -0.920. The van der Waals surface area contributed by atoms with Gasteiger partial charge in [0.05, 0.1) is 16.6 Å². The van der Waals surface area contributed by atoms with Crippen LogP contribution in [0, 0.1) is 17.1 Å². The van der Waals surface area contributed by atoms with Crippen LogP contribution in [0.15, 0.2) is 22.7 Å². The summed E-state index contributed by atoms with van der Waals surface area (Å²) < 4.78 is 13.8. The third-order valence-electron chi connectivity index (χ3n) is 2.92. The van der Waals surface area contributed by atoms with Crippen LogP contribution in [-0.2, 0) is 6.54 Å². The molecule has 0 aliphatic carbocycles. The van der Waals surface area contributed by atoms with E-state index in [1.807, 2.05) is 6.07 Å². The summed E-state index contributed by atoms with van der Waals surface area (Å²) in [5, 5.41) is 8.96. The molecule has 0 saturated carbocycles. The van der Waals surface area contributed by atoms with Gasteiger partial charge in [0.2, 0.25) is 0 Å². The molecule has 2 nitrogen and oxygen atoms in total. The fourth-order valence-corrected chi connectivity index (χ4v) is 2.44. The van der Waals surface area contributed by atoms with Gasteiger partial charge in [0.15, 0.2) is 0 Å². The number of hydrogen-bond donors (Lipinski definition) is 0. The molecule has 1 aromatic carbocycles. The van der Waals surface area contributed by atoms with E-state index in [0.717, 1.165) is 24.9 Å². The van der Waals surface area contributed by atoms with Gasteiger partial charge in [0, 0.05) is 6.54 Å². The average Bonchev–Trinajstić information content (AvgIpc) is 2.72. The highest BCUT2D eigenvalue weighted by Gasteiger charge is 2.24. The zero-order valence-electron chi connectivity index (χ0n) is 8.79. The summed E-state index contributed by atoms with van der Waals surface area (Å²) in [7, 11) is 0. The molecule has 0 radical (unpaired) electrons. The summed E-state index contributed by atoms with van der Waals surface area (Å²) >= 11 is 3.24. The standard InChI is InChI=1S/C12H12BrFN2/c13-12-9(3-1-5-11(12)14)8-16-6-2-4-10(16)7-15/h1,3,5,10H,2,4,6,8H2. The monoisotopic (exact) mass is 282 g/mol. The third kappa shape index (κ3) is 2.26. The van der Waals surface area contributed by atoms with Gasteiger partial charge in [-0.25, -0.2) is 4.39 Å². The van der Waals surface area contributed by atoms with Crippen LogP contribution in [0.4, 0.5) is 4.39 Å². The maximum atomic E-state index is 13.3. The predicted molar refractivity (Wildman–Crippen MR) is 63.1 cm³/mol. The van der Waals surface area contributed by atoms with Gasteiger partial charge in [-0.3, -0.25) is 4.90 Å². The second-order valence-electron chi connectivity index (χ2n) is 3.97. The quantitative estimate of drug-likeness (QED) is 0.834. The van der Waals surface area contributed by atoms with E-state index in [1.54, 1.807) is 6.07 Å². The molecule has 1 aromatic rings. The van der Waals surface area contributed by atoms with Crippen LogP contribution < -0.4 is 0 Å². The molecule has 1 saturated heterocycles. The Morgan fingerprint density at radius 2 is 2.38 bits per heavy atom. The molecule has 1 unspecified atom stereocenters. The SMILES string of the molecule is N#CC1CCCN1Cc1cccc(F)c1Br. The zero-order chi connectivity index (χ0) is 11.5. The third-order valence-corrected chi connectivity index (χ3v) is 3.81. The summed E-state index contributed by atoms with van der Waals surface area (Å²) in [5.41, 5.74) is 0.905. The fourth-order valence-electron chi connectivity index (χ4n) is 2.05. The first-order valence-electron chi connectivity index (χ1n) is 5.29. The van der Waals surface area contributed by atoms with Gasteiger partial charge >= 0.3 is 0 Å². The first kappa shape index (κ1) is 11.6. The van der Waals surface area contributed by atoms with Crippen molar-refractivity contribution in [3.63, 3.8) is 0 Å². The van der Waals surface area contributed by atoms with Crippen molar-refractivity contribution in [2.75, 3.05) is 6.54 Å². The van der Waals surface area contributed by atoms with Crippen LogP contribution in [0.1, 0.15) is 18.4 Å². The number of benzene rings is 1. The number of likely N-dealkylation sites (tertiary alicyclic amines) is 1. The number of nitriles is 1. The zero-order valence-corrected chi connectivity index (χ0v) is 10.4. The van der Waals surface area contributed by atoms with E-state index in [2.05, 4.69) is 26.9 Å². The maximum Gasteiger partial charge on any atom is 0.137 e. The summed E-state index contributed by atoms with van der Waals surface area (Å²) in [4.78, 5) is 2.10. The van der Waals surface area contributed by atoms with Crippen LogP contribution in [0.3, 0.4) is 0 Å². The molecule has 1 aliphatic heterocycles. The van der Waals surface area contributed by atoms with Crippen LogP contribution in [0.2, 0.25) is 0 Å². The average molecular weight is 283 g/mol. The lowest BCUT2D eigenvalue weighted by Crippen LogP contribution is -2.27. The van der Waals surface area contributed by atoms with E-state index in [1.165, 1.54) is 6.07 Å². The van der Waals surface area contributed by atoms with Gasteiger partial charge in [-0.1, -0.05) is 12.1 Å². The minimum absolute atomic E-state index is 0.0184. The summed E-state index contributed by atoms with van der Waals surface area (Å²) in [6.07, 6.45) is 1.97. The summed E-state index contributed by atoms with van der Waals surface area (Å²) in [6.45, 7) is 1.55. The van der Waals surface area contributed by atoms with Crippen molar-refractivity contribution in [3.8, 4) is 6.07 Å². The summed E-state index contributed by atoms with van der Waals surface area (Å²) in [6, 6.07) is 7.29. The Balaban J connectivity index is 2.15. The molecule has 1 fully saturated rings. The predicted octanol–water partition coefficient (Wildman–Crippen LogP) is 3.08. The van der Waals surface area contributed by atoms with Gasteiger partial charge in [0.1, 0.15) is 5.82 Å². The van der Waals surface area contributed by atoms with E-state index in [-0.39, 0.29) is 11.9 Å². The van der Waals surface area contributed by atoms with Gasteiger partial charge < -0.3 is 0 Å². The largest absolute Gasteiger partial charge is 0.284 e. The number of halogens is 2. The Morgan fingerprint density at radius 1 is 1.56 bits per heavy atom. The van der Waals surface area contributed by atoms with E-state index in [9.17, 15) is 4.39 Å². The van der Waals surface area contributed by atoms with Crippen LogP contribution >= 0.6 is 15.9 Å². The Kier molecular flexibility index (Phi) is 3.57. The molecule has 4 heteroatoms. The lowest BCUT2D eigenvalue weighted by atomic mass is 10.2. The molecule has 2 rings (SSSR count). The number of nitrogens with zero attached hydrogens (tertiary/aromatic N) is 2. The molecule has 0 aromatic heterocycles. The van der Waals surface area contributed by atoms with Gasteiger partial charge in [0.25, 0.3) is 0 Å². The van der Waals surface area contributed by atoms with Gasteiger partial charge in [-0.05, 0) is 46.9 Å². The first-order chi connectivity index (χ1) is 7.72. The molecule has 0 N–H and O–H groups in total. The molecule has 0 spiro atoms. The smallest absolute Gasteiger partial charge is 0.137 e. The molecule has 1 aliphatic rings. The van der Waals surface area contributed by atoms with E-state index >= 15 is 0 Å². The number of hydrogen-bond acceptors (Lipinski definition) is 2. The lowest BCUT2D eigenvalue weighted by molar-refractivity contribution is 0.285. The van der Waals surface area contributed by atoms with Crippen LogP contribution in [0.5, 0.6) is 0 Å². The lowest BCUT2D eigenvalue weighted by Gasteiger charge is -2.19. The molecule has 1 atom stereocenters. The van der Waals surface area contributed by atoms with E-state index in [0.29, 0.717) is 11.0 Å². The van der Waals surface area contributed by atoms with Crippen LogP contribution in [0.25, 0.3) is 0 Å². The number of rotatable bonds is 2. The molecule has 84 valence electrons. The van der Waals surface area contributed by atoms with Crippen LogP contribution in [-0.4, -0.2) is 17.5 Å². The second kappa shape index (κ2) is 4.94. The molecular weight excluding hydrogens is 271 g/mol. The van der Waals surface area contributed by atoms with E-state index in [4.69, 9.17) is 5.26 Å². The summed E-state index contributed by atoms with van der Waals surface area (Å²) in [5.74, 6) is -0.245. The fraction of sp³-hybridized carbons (Fsp3) is 0.417. The van der Waals surface area contributed by atoms with Crippen molar-refractivity contribution < 1.29 is 4.39 Å². The maximum absolute atomic E-state index is 13.3. The van der Waals surface area contributed by atoms with Crippen molar-refractivity contribution in [2.45, 2.75) is 25.4 Å².